The lowest BCUT2D eigenvalue weighted by atomic mass is 10.00. The molecule has 1 atom stereocenters. The van der Waals surface area contributed by atoms with E-state index < -0.39 is 47.2 Å². The number of hydrogen-bond donors (Lipinski definition) is 0. The fourth-order valence-electron chi connectivity index (χ4n) is 3.23. The van der Waals surface area contributed by atoms with Crippen molar-refractivity contribution in [3.05, 3.63) is 29.1 Å². The normalized spacial score (nSPS) is 12.0. The monoisotopic (exact) mass is 602 g/mol. The first-order valence-corrected chi connectivity index (χ1v) is 13.5. The van der Waals surface area contributed by atoms with Gasteiger partial charge < -0.3 is 33.2 Å². The van der Waals surface area contributed by atoms with E-state index in [1.165, 1.54) is 0 Å². The highest BCUT2D eigenvalue weighted by molar-refractivity contribution is 5.72. The summed E-state index contributed by atoms with van der Waals surface area (Å²) in [5, 5.41) is 0. The highest BCUT2D eigenvalue weighted by Gasteiger charge is 2.28. The van der Waals surface area contributed by atoms with Crippen molar-refractivity contribution in [1.82, 2.24) is 0 Å². The number of ether oxygens (including phenoxy) is 7. The highest BCUT2D eigenvalue weighted by atomic mass is 19.2. The van der Waals surface area contributed by atoms with Gasteiger partial charge in [-0.2, -0.15) is 8.78 Å². The topological polar surface area (TPSA) is 98.8 Å². The minimum absolute atomic E-state index is 0.0522. The summed E-state index contributed by atoms with van der Waals surface area (Å²) in [6, 6.07) is 0. The van der Waals surface area contributed by atoms with E-state index in [4.69, 9.17) is 28.4 Å². The van der Waals surface area contributed by atoms with E-state index in [9.17, 15) is 31.5 Å². The van der Waals surface area contributed by atoms with Crippen molar-refractivity contribution < 1.29 is 64.7 Å². The highest BCUT2D eigenvalue weighted by Crippen LogP contribution is 2.29. The van der Waals surface area contributed by atoms with Gasteiger partial charge >= 0.3 is 11.9 Å². The van der Waals surface area contributed by atoms with Crippen molar-refractivity contribution in [2.24, 2.45) is 5.92 Å². The van der Waals surface area contributed by atoms with Gasteiger partial charge in [0.05, 0.1) is 78.4 Å². The van der Waals surface area contributed by atoms with Crippen LogP contribution < -0.4 is 4.74 Å². The van der Waals surface area contributed by atoms with Crippen LogP contribution in [-0.4, -0.2) is 84.6 Å². The molecule has 0 aliphatic heterocycles. The molecule has 1 aromatic rings. The SMILES string of the molecule is CCCCC(CC)C(=O)OCCOCCOCCOCCOCCOCCC(=O)Oc1c(F)c(F)c(F)c(F)c1F. The minimum Gasteiger partial charge on any atom is -0.463 e. The minimum atomic E-state index is -2.35. The van der Waals surface area contributed by atoms with E-state index >= 15 is 0 Å². The molecular weight excluding hydrogens is 563 g/mol. The van der Waals surface area contributed by atoms with Gasteiger partial charge in [0.15, 0.2) is 0 Å². The van der Waals surface area contributed by atoms with Gasteiger partial charge in [-0.25, -0.2) is 13.2 Å². The molecule has 0 bridgehead atoms. The summed E-state index contributed by atoms with van der Waals surface area (Å²) in [4.78, 5) is 23.6. The van der Waals surface area contributed by atoms with Crippen LogP contribution >= 0.6 is 0 Å². The van der Waals surface area contributed by atoms with Crippen LogP contribution in [0.1, 0.15) is 46.0 Å². The number of hydrogen-bond acceptors (Lipinski definition) is 9. The Kier molecular flexibility index (Phi) is 19.9. The zero-order valence-corrected chi connectivity index (χ0v) is 23.5. The number of unbranched alkanes of at least 4 members (excludes halogenated alkanes) is 1. The molecule has 1 unspecified atom stereocenters. The van der Waals surface area contributed by atoms with Gasteiger partial charge in [0, 0.05) is 0 Å². The van der Waals surface area contributed by atoms with Crippen molar-refractivity contribution >= 4 is 11.9 Å². The molecule has 0 aromatic heterocycles. The third-order valence-electron chi connectivity index (χ3n) is 5.53. The van der Waals surface area contributed by atoms with Gasteiger partial charge in [-0.3, -0.25) is 9.59 Å². The molecule has 9 nitrogen and oxygen atoms in total. The van der Waals surface area contributed by atoms with E-state index in [1.807, 2.05) is 6.92 Å². The Balaban J connectivity index is 1.92. The maximum Gasteiger partial charge on any atom is 0.313 e. The van der Waals surface area contributed by atoms with E-state index in [-0.39, 0.29) is 44.9 Å². The summed E-state index contributed by atoms with van der Waals surface area (Å²) < 4.78 is 102. The van der Waals surface area contributed by atoms with Gasteiger partial charge in [-0.15, -0.1) is 0 Å². The predicted molar refractivity (Wildman–Crippen MR) is 135 cm³/mol. The summed E-state index contributed by atoms with van der Waals surface area (Å²) in [6.07, 6.45) is 3.18. The first-order chi connectivity index (χ1) is 19.7. The summed E-state index contributed by atoms with van der Waals surface area (Å²) in [5.74, 6) is -14.4. The van der Waals surface area contributed by atoms with Crippen LogP contribution in [0.3, 0.4) is 0 Å². The molecule has 14 heteroatoms. The van der Waals surface area contributed by atoms with Crippen LogP contribution in [0.5, 0.6) is 5.75 Å². The molecule has 1 rings (SSSR count). The third kappa shape index (κ3) is 14.9. The van der Waals surface area contributed by atoms with Crippen LogP contribution in [0, 0.1) is 35.0 Å². The van der Waals surface area contributed by atoms with Gasteiger partial charge in [0.2, 0.25) is 34.8 Å². The predicted octanol–water partition coefficient (Wildman–Crippen LogP) is 4.52. The van der Waals surface area contributed by atoms with Crippen LogP contribution in [-0.2, 0) is 38.0 Å². The van der Waals surface area contributed by atoms with E-state index in [2.05, 4.69) is 11.7 Å². The molecular formula is C27H39F5O9. The van der Waals surface area contributed by atoms with Crippen LogP contribution in [0.25, 0.3) is 0 Å². The quantitative estimate of drug-likeness (QED) is 0.0423. The lowest BCUT2D eigenvalue weighted by Gasteiger charge is -2.13. The Morgan fingerprint density at radius 3 is 1.46 bits per heavy atom. The van der Waals surface area contributed by atoms with Gasteiger partial charge in [0.1, 0.15) is 6.61 Å². The lowest BCUT2D eigenvalue weighted by molar-refractivity contribution is -0.150. The molecule has 0 saturated carbocycles. The largest absolute Gasteiger partial charge is 0.463 e. The Morgan fingerprint density at radius 1 is 0.610 bits per heavy atom. The van der Waals surface area contributed by atoms with Crippen LogP contribution in [0.15, 0.2) is 0 Å². The smallest absolute Gasteiger partial charge is 0.313 e. The van der Waals surface area contributed by atoms with E-state index in [1.54, 1.807) is 0 Å². The number of rotatable bonds is 24. The van der Waals surface area contributed by atoms with E-state index in [0.29, 0.717) is 39.6 Å². The number of carbonyl (C=O) groups excluding carboxylic acids is 2. The molecule has 236 valence electrons. The van der Waals surface area contributed by atoms with Crippen LogP contribution in [0.2, 0.25) is 0 Å². The summed E-state index contributed by atoms with van der Waals surface area (Å²) >= 11 is 0. The molecule has 0 spiro atoms. The Hall–Kier alpha value is -2.39. The average molecular weight is 603 g/mol. The molecule has 0 radical (unpaired) electrons. The second-order valence-electron chi connectivity index (χ2n) is 8.60. The molecule has 0 amide bonds. The Labute approximate surface area is 236 Å². The molecule has 0 fully saturated rings. The molecule has 41 heavy (non-hydrogen) atoms. The maximum atomic E-state index is 13.5. The van der Waals surface area contributed by atoms with Crippen molar-refractivity contribution in [1.29, 1.82) is 0 Å². The van der Waals surface area contributed by atoms with Crippen LogP contribution in [0.4, 0.5) is 22.0 Å². The zero-order valence-electron chi connectivity index (χ0n) is 23.5. The standard InChI is InChI=1S/C27H39F5O9/c1-3-5-6-19(4-2)27(34)40-18-17-39-16-15-38-14-13-37-12-11-36-10-9-35-8-7-20(33)41-26-24(31)22(29)21(28)23(30)25(26)32/h19H,3-18H2,1-2H3. The van der Waals surface area contributed by atoms with E-state index in [0.717, 1.165) is 25.7 Å². The Morgan fingerprint density at radius 2 is 1.02 bits per heavy atom. The fraction of sp³-hybridized carbons (Fsp3) is 0.704. The average Bonchev–Trinajstić information content (AvgIpc) is 2.97. The molecule has 1 aromatic carbocycles. The van der Waals surface area contributed by atoms with Crippen molar-refractivity contribution in [3.63, 3.8) is 0 Å². The first-order valence-electron chi connectivity index (χ1n) is 13.5. The van der Waals surface area contributed by atoms with Gasteiger partial charge in [-0.1, -0.05) is 26.7 Å². The summed E-state index contributed by atoms with van der Waals surface area (Å²) in [7, 11) is 0. The van der Waals surface area contributed by atoms with Crippen molar-refractivity contribution in [2.45, 2.75) is 46.0 Å². The van der Waals surface area contributed by atoms with Gasteiger partial charge in [0.25, 0.3) is 0 Å². The number of esters is 2. The maximum absolute atomic E-state index is 13.5. The lowest BCUT2D eigenvalue weighted by Crippen LogP contribution is -2.20. The number of halogens is 5. The first kappa shape index (κ1) is 36.6. The summed E-state index contributed by atoms with van der Waals surface area (Å²) in [5.41, 5.74) is 0. The number of benzene rings is 1. The fourth-order valence-corrected chi connectivity index (χ4v) is 3.23. The third-order valence-corrected chi connectivity index (χ3v) is 5.53. The molecule has 0 N–H and O–H groups in total. The second kappa shape index (κ2) is 22.2. The molecule has 0 aliphatic carbocycles. The number of carbonyl (C=O) groups is 2. The van der Waals surface area contributed by atoms with Crippen molar-refractivity contribution in [3.8, 4) is 5.75 Å². The summed E-state index contributed by atoms with van der Waals surface area (Å²) in [6.45, 7) is 6.61. The second-order valence-corrected chi connectivity index (χ2v) is 8.60. The zero-order chi connectivity index (χ0) is 30.5. The molecule has 0 heterocycles. The molecule has 0 aliphatic rings. The van der Waals surface area contributed by atoms with Crippen molar-refractivity contribution in [2.75, 3.05) is 72.7 Å². The molecule has 0 saturated heterocycles. The Bertz CT molecular complexity index is 875. The van der Waals surface area contributed by atoms with Gasteiger partial charge in [-0.05, 0) is 12.8 Å².